The van der Waals surface area contributed by atoms with Crippen LogP contribution in [0.3, 0.4) is 0 Å². The lowest BCUT2D eigenvalue weighted by Gasteiger charge is -2.05. The Morgan fingerprint density at radius 3 is 2.64 bits per heavy atom. The van der Waals surface area contributed by atoms with Gasteiger partial charge in [0.15, 0.2) is 0 Å². The van der Waals surface area contributed by atoms with E-state index in [-0.39, 0.29) is 17.5 Å². The van der Waals surface area contributed by atoms with Gasteiger partial charge in [-0.15, -0.1) is 10.2 Å². The fraction of sp³-hybridized carbons (Fsp3) is 0.235. The highest BCUT2D eigenvalue weighted by atomic mass is 35.5. The topological polar surface area (TPSA) is 65.4 Å². The van der Waals surface area contributed by atoms with E-state index in [9.17, 15) is 13.2 Å². The Kier molecular flexibility index (Phi) is 6.30. The van der Waals surface area contributed by atoms with E-state index in [4.69, 9.17) is 20.8 Å². The van der Waals surface area contributed by atoms with Crippen molar-refractivity contribution in [3.05, 3.63) is 58.8 Å². The van der Waals surface area contributed by atoms with Gasteiger partial charge in [0.05, 0.1) is 6.21 Å². The summed E-state index contributed by atoms with van der Waals surface area (Å²) < 4.78 is 50.9. The lowest BCUT2D eigenvalue weighted by Crippen LogP contribution is -2.13. The van der Waals surface area contributed by atoms with E-state index in [1.165, 1.54) is 6.21 Å². The molecule has 0 spiro atoms. The predicted octanol–water partition coefficient (Wildman–Crippen LogP) is 5.12. The van der Waals surface area contributed by atoms with Crippen LogP contribution in [-0.4, -0.2) is 26.8 Å². The molecular formula is C17H14ClF3N4O2S. The Balaban J connectivity index is 1.71. The molecule has 6 nitrogen and oxygen atoms in total. The van der Waals surface area contributed by atoms with Crippen LogP contribution in [0.2, 0.25) is 5.02 Å². The lowest BCUT2D eigenvalue weighted by molar-refractivity contribution is -0.147. The van der Waals surface area contributed by atoms with Crippen LogP contribution in [-0.2, 0) is 12.8 Å². The van der Waals surface area contributed by atoms with Crippen molar-refractivity contribution in [2.24, 2.45) is 5.10 Å². The number of benzene rings is 1. The number of nitrogens with zero attached hydrogens (tertiary/aromatic N) is 4. The quantitative estimate of drug-likeness (QED) is 0.384. The SMILES string of the molecule is CCSc1nnc(C(F)(F)F)n1/N=C/c1ccc(COc2ccc(Cl)cc2)o1. The van der Waals surface area contributed by atoms with E-state index in [1.807, 2.05) is 0 Å². The molecule has 0 atom stereocenters. The summed E-state index contributed by atoms with van der Waals surface area (Å²) in [4.78, 5) is 0. The molecule has 0 amide bonds. The van der Waals surface area contributed by atoms with Gasteiger partial charge in [0, 0.05) is 5.02 Å². The maximum Gasteiger partial charge on any atom is 0.453 e. The number of halogens is 4. The van der Waals surface area contributed by atoms with Crippen molar-refractivity contribution in [3.63, 3.8) is 0 Å². The molecule has 0 aliphatic carbocycles. The first kappa shape index (κ1) is 20.3. The first-order valence-electron chi connectivity index (χ1n) is 8.03. The third-order valence-corrected chi connectivity index (χ3v) is 4.37. The molecular weight excluding hydrogens is 417 g/mol. The molecule has 2 heterocycles. The molecule has 3 rings (SSSR count). The number of hydrogen-bond donors (Lipinski definition) is 0. The zero-order valence-corrected chi connectivity index (χ0v) is 16.1. The third kappa shape index (κ3) is 5.08. The minimum Gasteiger partial charge on any atom is -0.486 e. The summed E-state index contributed by atoms with van der Waals surface area (Å²) in [7, 11) is 0. The number of ether oxygens (including phenoxy) is 1. The summed E-state index contributed by atoms with van der Waals surface area (Å²) in [6.45, 7) is 1.94. The molecule has 0 fully saturated rings. The van der Waals surface area contributed by atoms with Crippen LogP contribution in [0.5, 0.6) is 5.75 Å². The first-order valence-corrected chi connectivity index (χ1v) is 9.40. The van der Waals surface area contributed by atoms with Gasteiger partial charge in [-0.3, -0.25) is 0 Å². The van der Waals surface area contributed by atoms with Crippen LogP contribution in [0.4, 0.5) is 13.2 Å². The highest BCUT2D eigenvalue weighted by Crippen LogP contribution is 2.30. The normalized spacial score (nSPS) is 12.0. The molecule has 0 aliphatic heterocycles. The molecule has 148 valence electrons. The number of rotatable bonds is 7. The number of thioether (sulfide) groups is 1. The van der Waals surface area contributed by atoms with Crippen LogP contribution in [0.1, 0.15) is 24.3 Å². The predicted molar refractivity (Wildman–Crippen MR) is 98.9 cm³/mol. The average Bonchev–Trinajstić information content (AvgIpc) is 3.26. The number of alkyl halides is 3. The van der Waals surface area contributed by atoms with Crippen LogP contribution in [0.25, 0.3) is 0 Å². The van der Waals surface area contributed by atoms with Gasteiger partial charge in [-0.05, 0) is 42.2 Å². The van der Waals surface area contributed by atoms with Crippen LogP contribution < -0.4 is 4.74 Å². The van der Waals surface area contributed by atoms with Gasteiger partial charge in [-0.1, -0.05) is 30.3 Å². The smallest absolute Gasteiger partial charge is 0.453 e. The van der Waals surface area contributed by atoms with E-state index in [0.717, 1.165) is 11.8 Å². The molecule has 1 aromatic carbocycles. The molecule has 3 aromatic rings. The van der Waals surface area contributed by atoms with Gasteiger partial charge >= 0.3 is 6.18 Å². The van der Waals surface area contributed by atoms with E-state index in [2.05, 4.69) is 15.3 Å². The fourth-order valence-electron chi connectivity index (χ4n) is 2.11. The van der Waals surface area contributed by atoms with Crippen molar-refractivity contribution in [2.45, 2.75) is 24.9 Å². The maximum absolute atomic E-state index is 13.1. The molecule has 0 saturated carbocycles. The van der Waals surface area contributed by atoms with Crippen LogP contribution in [0.15, 0.2) is 51.1 Å². The van der Waals surface area contributed by atoms with Crippen molar-refractivity contribution < 1.29 is 22.3 Å². The first-order chi connectivity index (χ1) is 13.4. The summed E-state index contributed by atoms with van der Waals surface area (Å²) in [5.41, 5.74) is 0. The second-order valence-corrected chi connectivity index (χ2v) is 7.01. The largest absolute Gasteiger partial charge is 0.486 e. The van der Waals surface area contributed by atoms with E-state index in [0.29, 0.717) is 27.0 Å². The average molecular weight is 431 g/mol. The van der Waals surface area contributed by atoms with Crippen molar-refractivity contribution in [2.75, 3.05) is 5.75 Å². The third-order valence-electron chi connectivity index (χ3n) is 3.32. The van der Waals surface area contributed by atoms with Crippen molar-refractivity contribution in [1.29, 1.82) is 0 Å². The minimum absolute atomic E-state index is 0.0453. The highest BCUT2D eigenvalue weighted by Gasteiger charge is 2.38. The van der Waals surface area contributed by atoms with E-state index < -0.39 is 12.0 Å². The highest BCUT2D eigenvalue weighted by molar-refractivity contribution is 7.99. The second-order valence-electron chi connectivity index (χ2n) is 5.34. The van der Waals surface area contributed by atoms with Gasteiger partial charge in [0.2, 0.25) is 5.16 Å². The standard InChI is InChI=1S/C17H14ClF3N4O2S/c1-2-28-16-24-23-15(17(19,20)21)25(16)22-9-13-7-8-14(27-13)10-26-12-5-3-11(18)4-6-12/h3-9H,2,10H2,1H3/b22-9+. The fourth-order valence-corrected chi connectivity index (χ4v) is 2.85. The van der Waals surface area contributed by atoms with E-state index in [1.54, 1.807) is 43.3 Å². The maximum atomic E-state index is 13.1. The molecule has 0 aliphatic rings. The van der Waals surface area contributed by atoms with Gasteiger partial charge in [0.1, 0.15) is 23.9 Å². The molecule has 0 radical (unpaired) electrons. The number of aromatic nitrogens is 3. The molecule has 0 N–H and O–H groups in total. The lowest BCUT2D eigenvalue weighted by atomic mass is 10.3. The van der Waals surface area contributed by atoms with Crippen molar-refractivity contribution in [3.8, 4) is 5.75 Å². The summed E-state index contributed by atoms with van der Waals surface area (Å²) in [5, 5.41) is 11.2. The Labute approximate surface area is 167 Å². The Bertz CT molecular complexity index is 954. The molecule has 0 bridgehead atoms. The summed E-state index contributed by atoms with van der Waals surface area (Å²) in [6.07, 6.45) is -3.50. The summed E-state index contributed by atoms with van der Waals surface area (Å²) >= 11 is 6.91. The van der Waals surface area contributed by atoms with Gasteiger partial charge in [-0.25, -0.2) is 0 Å². The Morgan fingerprint density at radius 1 is 1.21 bits per heavy atom. The summed E-state index contributed by atoms with van der Waals surface area (Å²) in [5.74, 6) is 0.691. The zero-order valence-electron chi connectivity index (χ0n) is 14.5. The van der Waals surface area contributed by atoms with Gasteiger partial charge < -0.3 is 9.15 Å². The van der Waals surface area contributed by atoms with Gasteiger partial charge in [0.25, 0.3) is 5.82 Å². The number of hydrogen-bond acceptors (Lipinski definition) is 6. The van der Waals surface area contributed by atoms with E-state index >= 15 is 0 Å². The Morgan fingerprint density at radius 2 is 1.96 bits per heavy atom. The van der Waals surface area contributed by atoms with Crippen molar-refractivity contribution >= 4 is 29.6 Å². The molecule has 2 aromatic heterocycles. The Hall–Kier alpha value is -2.46. The monoisotopic (exact) mass is 430 g/mol. The minimum atomic E-state index is -4.67. The molecule has 28 heavy (non-hydrogen) atoms. The second kappa shape index (κ2) is 8.70. The van der Waals surface area contributed by atoms with Crippen molar-refractivity contribution in [1.82, 2.24) is 14.9 Å². The molecule has 0 unspecified atom stereocenters. The summed E-state index contributed by atoms with van der Waals surface area (Å²) in [6, 6.07) is 10.0. The zero-order chi connectivity index (χ0) is 20.1. The van der Waals surface area contributed by atoms with Crippen LogP contribution >= 0.6 is 23.4 Å². The molecule has 0 saturated heterocycles. The number of furan rings is 1. The molecule has 11 heteroatoms. The van der Waals surface area contributed by atoms with Gasteiger partial charge in [-0.2, -0.15) is 22.9 Å². The van der Waals surface area contributed by atoms with Crippen LogP contribution in [0, 0.1) is 0 Å².